The molecular weight excluding hydrogens is 358 g/mol. The number of para-hydroxylation sites is 3. The molecular formula is C22H16ClN3O. The zero-order valence-electron chi connectivity index (χ0n) is 14.5. The molecule has 132 valence electrons. The maximum Gasteiger partial charge on any atom is 0.160 e. The molecule has 0 aliphatic carbocycles. The summed E-state index contributed by atoms with van der Waals surface area (Å²) in [6.45, 7) is 1.21. The molecule has 0 fully saturated rings. The van der Waals surface area contributed by atoms with Crippen LogP contribution in [0.3, 0.4) is 0 Å². The van der Waals surface area contributed by atoms with Crippen LogP contribution in [0.4, 0.5) is 0 Å². The molecule has 0 saturated carbocycles. The SMILES string of the molecule is Clc1ccc(OCCn2c3ccccc3c3nc4ccccc4nc32)cc1. The average Bonchev–Trinajstić information content (AvgIpc) is 3.01. The molecule has 0 radical (unpaired) electrons. The van der Waals surface area contributed by atoms with Gasteiger partial charge in [0.25, 0.3) is 0 Å². The van der Waals surface area contributed by atoms with Crippen molar-refractivity contribution in [3.63, 3.8) is 0 Å². The van der Waals surface area contributed by atoms with Gasteiger partial charge in [-0.15, -0.1) is 0 Å². The van der Waals surface area contributed by atoms with Gasteiger partial charge in [-0.25, -0.2) is 9.97 Å². The molecule has 2 heterocycles. The number of hydrogen-bond acceptors (Lipinski definition) is 3. The van der Waals surface area contributed by atoms with E-state index in [0.717, 1.165) is 38.8 Å². The second-order valence-corrected chi connectivity index (χ2v) is 6.79. The molecule has 5 rings (SSSR count). The number of halogens is 1. The minimum atomic E-state index is 0.532. The van der Waals surface area contributed by atoms with Crippen LogP contribution < -0.4 is 4.74 Å². The zero-order valence-corrected chi connectivity index (χ0v) is 15.2. The molecule has 0 unspecified atom stereocenters. The Labute approximate surface area is 161 Å². The largest absolute Gasteiger partial charge is 0.492 e. The lowest BCUT2D eigenvalue weighted by molar-refractivity contribution is 0.302. The molecule has 0 aliphatic rings. The summed E-state index contributed by atoms with van der Waals surface area (Å²) < 4.78 is 8.07. The summed E-state index contributed by atoms with van der Waals surface area (Å²) in [5.41, 5.74) is 4.73. The Hall–Kier alpha value is -3.11. The van der Waals surface area contributed by atoms with Crippen LogP contribution in [-0.2, 0) is 6.54 Å². The van der Waals surface area contributed by atoms with E-state index in [1.54, 1.807) is 0 Å². The normalized spacial score (nSPS) is 11.4. The van der Waals surface area contributed by atoms with Crippen LogP contribution in [0.25, 0.3) is 33.1 Å². The van der Waals surface area contributed by atoms with Crippen molar-refractivity contribution in [3.8, 4) is 5.75 Å². The van der Waals surface area contributed by atoms with Gasteiger partial charge in [-0.3, -0.25) is 0 Å². The minimum absolute atomic E-state index is 0.532. The average molecular weight is 374 g/mol. The van der Waals surface area contributed by atoms with Crippen molar-refractivity contribution in [2.45, 2.75) is 6.54 Å². The van der Waals surface area contributed by atoms with E-state index in [1.165, 1.54) is 0 Å². The predicted octanol–water partition coefficient (Wildman–Crippen LogP) is 5.47. The molecule has 27 heavy (non-hydrogen) atoms. The van der Waals surface area contributed by atoms with Crippen LogP contribution in [0.1, 0.15) is 0 Å². The van der Waals surface area contributed by atoms with Gasteiger partial charge < -0.3 is 9.30 Å². The molecule has 0 spiro atoms. The summed E-state index contributed by atoms with van der Waals surface area (Å²) in [5, 5.41) is 1.81. The highest BCUT2D eigenvalue weighted by atomic mass is 35.5. The lowest BCUT2D eigenvalue weighted by atomic mass is 10.2. The molecule has 0 atom stereocenters. The Kier molecular flexibility index (Phi) is 3.91. The Bertz CT molecular complexity index is 1260. The quantitative estimate of drug-likeness (QED) is 0.419. The van der Waals surface area contributed by atoms with Crippen LogP contribution in [0.15, 0.2) is 72.8 Å². The molecule has 0 bridgehead atoms. The standard InChI is InChI=1S/C22H16ClN3O/c23-15-9-11-16(12-10-15)27-14-13-26-20-8-4-1-5-17(20)21-22(26)25-19-7-3-2-6-18(19)24-21/h1-12H,13-14H2. The number of nitrogens with zero attached hydrogens (tertiary/aromatic N) is 3. The highest BCUT2D eigenvalue weighted by molar-refractivity contribution is 6.30. The summed E-state index contributed by atoms with van der Waals surface area (Å²) in [7, 11) is 0. The van der Waals surface area contributed by atoms with E-state index in [9.17, 15) is 0 Å². The summed E-state index contributed by atoms with van der Waals surface area (Å²) in [6.07, 6.45) is 0. The second-order valence-electron chi connectivity index (χ2n) is 6.36. The summed E-state index contributed by atoms with van der Waals surface area (Å²) in [6, 6.07) is 23.6. The monoisotopic (exact) mass is 373 g/mol. The van der Waals surface area contributed by atoms with Gasteiger partial charge in [0.1, 0.15) is 17.9 Å². The van der Waals surface area contributed by atoms with Gasteiger partial charge in [-0.05, 0) is 42.5 Å². The Morgan fingerprint density at radius 3 is 2.33 bits per heavy atom. The van der Waals surface area contributed by atoms with Crippen molar-refractivity contribution in [1.82, 2.24) is 14.5 Å². The van der Waals surface area contributed by atoms with E-state index >= 15 is 0 Å². The fraction of sp³-hybridized carbons (Fsp3) is 0.0909. The number of ether oxygens (including phenoxy) is 1. The van der Waals surface area contributed by atoms with Crippen LogP contribution in [0, 0.1) is 0 Å². The van der Waals surface area contributed by atoms with E-state index in [-0.39, 0.29) is 0 Å². The van der Waals surface area contributed by atoms with Crippen molar-refractivity contribution >= 4 is 44.7 Å². The van der Waals surface area contributed by atoms with Gasteiger partial charge >= 0.3 is 0 Å². The molecule has 4 nitrogen and oxygen atoms in total. The van der Waals surface area contributed by atoms with E-state index in [1.807, 2.05) is 60.7 Å². The van der Waals surface area contributed by atoms with Gasteiger partial charge in [-0.1, -0.05) is 41.9 Å². The van der Waals surface area contributed by atoms with E-state index < -0.39 is 0 Å². The van der Waals surface area contributed by atoms with E-state index in [4.69, 9.17) is 26.3 Å². The molecule has 0 amide bonds. The molecule has 0 saturated heterocycles. The van der Waals surface area contributed by atoms with Gasteiger partial charge in [0.2, 0.25) is 0 Å². The van der Waals surface area contributed by atoms with Crippen molar-refractivity contribution in [3.05, 3.63) is 77.8 Å². The van der Waals surface area contributed by atoms with Gasteiger partial charge in [0, 0.05) is 10.4 Å². The smallest absolute Gasteiger partial charge is 0.160 e. The Balaban J connectivity index is 1.56. The number of rotatable bonds is 4. The number of fused-ring (bicyclic) bond motifs is 4. The topological polar surface area (TPSA) is 39.9 Å². The Morgan fingerprint density at radius 2 is 1.52 bits per heavy atom. The van der Waals surface area contributed by atoms with Gasteiger partial charge in [0.05, 0.1) is 23.1 Å². The van der Waals surface area contributed by atoms with Crippen molar-refractivity contribution < 1.29 is 4.74 Å². The van der Waals surface area contributed by atoms with E-state index in [2.05, 4.69) is 16.7 Å². The summed E-state index contributed by atoms with van der Waals surface area (Å²) >= 11 is 5.93. The maximum absolute atomic E-state index is 5.93. The zero-order chi connectivity index (χ0) is 18.2. The summed E-state index contributed by atoms with van der Waals surface area (Å²) in [5.74, 6) is 0.803. The van der Waals surface area contributed by atoms with Crippen LogP contribution in [0.5, 0.6) is 5.75 Å². The first-order valence-electron chi connectivity index (χ1n) is 8.82. The lowest BCUT2D eigenvalue weighted by Gasteiger charge is -2.09. The minimum Gasteiger partial charge on any atom is -0.492 e. The number of benzene rings is 3. The third-order valence-corrected chi connectivity index (χ3v) is 4.91. The fourth-order valence-electron chi connectivity index (χ4n) is 3.39. The van der Waals surface area contributed by atoms with Crippen LogP contribution in [-0.4, -0.2) is 21.1 Å². The van der Waals surface area contributed by atoms with Crippen molar-refractivity contribution in [1.29, 1.82) is 0 Å². The predicted molar refractivity (Wildman–Crippen MR) is 109 cm³/mol. The number of hydrogen-bond donors (Lipinski definition) is 0. The van der Waals surface area contributed by atoms with Gasteiger partial charge in [0.15, 0.2) is 5.65 Å². The van der Waals surface area contributed by atoms with Crippen molar-refractivity contribution in [2.75, 3.05) is 6.61 Å². The highest BCUT2D eigenvalue weighted by Gasteiger charge is 2.14. The molecule has 2 aromatic heterocycles. The van der Waals surface area contributed by atoms with Crippen LogP contribution >= 0.6 is 11.6 Å². The molecule has 5 aromatic rings. The Morgan fingerprint density at radius 1 is 0.815 bits per heavy atom. The molecule has 0 aliphatic heterocycles. The molecule has 0 N–H and O–H groups in total. The number of aromatic nitrogens is 3. The molecule has 3 aromatic carbocycles. The third kappa shape index (κ3) is 2.88. The fourth-order valence-corrected chi connectivity index (χ4v) is 3.52. The first kappa shape index (κ1) is 16.1. The van der Waals surface area contributed by atoms with Crippen LogP contribution in [0.2, 0.25) is 5.02 Å². The second kappa shape index (κ2) is 6.56. The summed E-state index contributed by atoms with van der Waals surface area (Å²) in [4.78, 5) is 9.74. The van der Waals surface area contributed by atoms with Crippen molar-refractivity contribution in [2.24, 2.45) is 0 Å². The first-order valence-corrected chi connectivity index (χ1v) is 9.19. The highest BCUT2D eigenvalue weighted by Crippen LogP contribution is 2.28. The molecule has 5 heteroatoms. The van der Waals surface area contributed by atoms with E-state index in [0.29, 0.717) is 18.2 Å². The lowest BCUT2D eigenvalue weighted by Crippen LogP contribution is -2.08. The van der Waals surface area contributed by atoms with Gasteiger partial charge in [-0.2, -0.15) is 0 Å². The maximum atomic E-state index is 5.93. The third-order valence-electron chi connectivity index (χ3n) is 4.66. The first-order chi connectivity index (χ1) is 13.3.